The molecule has 0 radical (unpaired) electrons. The summed E-state index contributed by atoms with van der Waals surface area (Å²) in [4.78, 5) is 12.2. The smallest absolute Gasteiger partial charge is 0.221 e. The van der Waals surface area contributed by atoms with Crippen LogP contribution in [0.5, 0.6) is 0 Å². The number of hydrogen-bond donors (Lipinski definition) is 2. The summed E-state index contributed by atoms with van der Waals surface area (Å²) < 4.78 is 5.41. The maximum Gasteiger partial charge on any atom is 0.221 e. The minimum atomic E-state index is 0. The van der Waals surface area contributed by atoms with Gasteiger partial charge in [-0.1, -0.05) is 43.2 Å². The van der Waals surface area contributed by atoms with Gasteiger partial charge >= 0.3 is 0 Å². The van der Waals surface area contributed by atoms with Gasteiger partial charge in [0.15, 0.2) is 0 Å². The highest BCUT2D eigenvalue weighted by atomic mass is 35.5. The molecular weight excluding hydrogens is 312 g/mol. The molecule has 1 saturated carbocycles. The van der Waals surface area contributed by atoms with Gasteiger partial charge in [-0.25, -0.2) is 0 Å². The zero-order valence-corrected chi connectivity index (χ0v) is 14.4. The van der Waals surface area contributed by atoms with E-state index in [2.05, 4.69) is 41.0 Å². The number of hydrogen-bond acceptors (Lipinski definition) is 3. The van der Waals surface area contributed by atoms with Crippen LogP contribution in [0.3, 0.4) is 0 Å². The molecule has 1 atom stereocenters. The first-order valence-electron chi connectivity index (χ1n) is 8.42. The first kappa shape index (κ1) is 18.2. The van der Waals surface area contributed by atoms with Crippen molar-refractivity contribution in [3.8, 4) is 0 Å². The molecule has 3 rings (SSSR count). The SMILES string of the molecule is Cl.O=C(CC1COCCN1)NCC1(c2ccccc2)CCCC1. The van der Waals surface area contributed by atoms with Gasteiger partial charge in [-0.05, 0) is 18.4 Å². The Kier molecular flexibility index (Phi) is 6.88. The lowest BCUT2D eigenvalue weighted by Crippen LogP contribution is -2.46. The molecule has 2 N–H and O–H groups in total. The van der Waals surface area contributed by atoms with Crippen molar-refractivity contribution in [3.05, 3.63) is 35.9 Å². The monoisotopic (exact) mass is 338 g/mol. The Morgan fingerprint density at radius 3 is 2.65 bits per heavy atom. The first-order chi connectivity index (χ1) is 10.8. The van der Waals surface area contributed by atoms with Gasteiger partial charge in [0.25, 0.3) is 0 Å². The fourth-order valence-electron chi connectivity index (χ4n) is 3.73. The van der Waals surface area contributed by atoms with Crippen molar-refractivity contribution in [2.75, 3.05) is 26.3 Å². The molecule has 1 amide bonds. The molecule has 0 bridgehead atoms. The van der Waals surface area contributed by atoms with Crippen LogP contribution in [0.4, 0.5) is 0 Å². The average Bonchev–Trinajstić information content (AvgIpc) is 3.05. The minimum Gasteiger partial charge on any atom is -0.378 e. The summed E-state index contributed by atoms with van der Waals surface area (Å²) in [6.07, 6.45) is 5.35. The fourth-order valence-corrected chi connectivity index (χ4v) is 3.73. The van der Waals surface area contributed by atoms with Crippen molar-refractivity contribution in [2.24, 2.45) is 0 Å². The van der Waals surface area contributed by atoms with E-state index in [4.69, 9.17) is 4.74 Å². The summed E-state index contributed by atoms with van der Waals surface area (Å²) in [5.74, 6) is 0.130. The van der Waals surface area contributed by atoms with Gasteiger partial charge in [0.2, 0.25) is 5.91 Å². The van der Waals surface area contributed by atoms with E-state index in [1.807, 2.05) is 0 Å². The molecule has 2 aliphatic rings. The van der Waals surface area contributed by atoms with Gasteiger partial charge < -0.3 is 15.4 Å². The lowest BCUT2D eigenvalue weighted by molar-refractivity contribution is -0.122. The third-order valence-electron chi connectivity index (χ3n) is 5.00. The molecule has 1 aliphatic carbocycles. The lowest BCUT2D eigenvalue weighted by Gasteiger charge is -2.30. The summed E-state index contributed by atoms with van der Waals surface area (Å²) in [5, 5.41) is 6.51. The molecule has 1 saturated heterocycles. The Bertz CT molecular complexity index is 483. The Morgan fingerprint density at radius 2 is 2.00 bits per heavy atom. The van der Waals surface area contributed by atoms with Crippen LogP contribution >= 0.6 is 12.4 Å². The average molecular weight is 339 g/mol. The maximum atomic E-state index is 12.2. The zero-order valence-electron chi connectivity index (χ0n) is 13.6. The predicted molar refractivity (Wildman–Crippen MR) is 94.1 cm³/mol. The van der Waals surface area contributed by atoms with E-state index in [1.165, 1.54) is 31.2 Å². The van der Waals surface area contributed by atoms with E-state index in [0.717, 1.165) is 19.7 Å². The number of ether oxygens (including phenoxy) is 1. The van der Waals surface area contributed by atoms with Crippen LogP contribution in [0.1, 0.15) is 37.7 Å². The van der Waals surface area contributed by atoms with Crippen LogP contribution in [0.15, 0.2) is 30.3 Å². The van der Waals surface area contributed by atoms with E-state index in [-0.39, 0.29) is 29.8 Å². The van der Waals surface area contributed by atoms with Crippen LogP contribution in [0, 0.1) is 0 Å². The number of carbonyl (C=O) groups excluding carboxylic acids is 1. The molecule has 128 valence electrons. The predicted octanol–water partition coefficient (Wildman–Crippen LogP) is 2.41. The van der Waals surface area contributed by atoms with E-state index in [9.17, 15) is 4.79 Å². The van der Waals surface area contributed by atoms with Crippen molar-refractivity contribution in [1.29, 1.82) is 0 Å². The standard InChI is InChI=1S/C18H26N2O2.ClH/c21-17(12-16-13-22-11-10-19-16)20-14-18(8-4-5-9-18)15-6-2-1-3-7-15;/h1-3,6-7,16,19H,4-5,8-14H2,(H,20,21);1H. The topological polar surface area (TPSA) is 50.4 Å². The van der Waals surface area contributed by atoms with Gasteiger partial charge in [-0.2, -0.15) is 0 Å². The summed E-state index contributed by atoms with van der Waals surface area (Å²) in [6.45, 7) is 2.97. The second-order valence-electron chi connectivity index (χ2n) is 6.56. The molecule has 0 spiro atoms. The fraction of sp³-hybridized carbons (Fsp3) is 0.611. The van der Waals surface area contributed by atoms with Crippen LogP contribution in [0.25, 0.3) is 0 Å². The second kappa shape index (κ2) is 8.67. The van der Waals surface area contributed by atoms with Crippen molar-refractivity contribution >= 4 is 18.3 Å². The lowest BCUT2D eigenvalue weighted by atomic mass is 9.79. The third-order valence-corrected chi connectivity index (χ3v) is 5.00. The molecule has 2 fully saturated rings. The number of carbonyl (C=O) groups is 1. The highest BCUT2D eigenvalue weighted by Gasteiger charge is 2.35. The van der Waals surface area contributed by atoms with Gasteiger partial charge in [-0.3, -0.25) is 4.79 Å². The molecule has 4 nitrogen and oxygen atoms in total. The Balaban J connectivity index is 0.00000192. The number of morpholine rings is 1. The Morgan fingerprint density at radius 1 is 1.26 bits per heavy atom. The molecule has 1 heterocycles. The maximum absolute atomic E-state index is 12.2. The van der Waals surface area contributed by atoms with E-state index in [1.54, 1.807) is 0 Å². The summed E-state index contributed by atoms with van der Waals surface area (Å²) in [5.41, 5.74) is 1.50. The highest BCUT2D eigenvalue weighted by molar-refractivity contribution is 5.85. The van der Waals surface area contributed by atoms with E-state index in [0.29, 0.717) is 13.0 Å². The van der Waals surface area contributed by atoms with E-state index >= 15 is 0 Å². The molecule has 0 aromatic heterocycles. The summed E-state index contributed by atoms with van der Waals surface area (Å²) in [7, 11) is 0. The molecular formula is C18H27ClN2O2. The van der Waals surface area contributed by atoms with Gasteiger partial charge in [0.1, 0.15) is 0 Å². The van der Waals surface area contributed by atoms with Gasteiger partial charge in [0.05, 0.1) is 13.2 Å². The molecule has 5 heteroatoms. The Hall–Kier alpha value is -1.10. The van der Waals surface area contributed by atoms with Crippen LogP contribution in [0.2, 0.25) is 0 Å². The number of amides is 1. The van der Waals surface area contributed by atoms with Crippen LogP contribution < -0.4 is 10.6 Å². The summed E-state index contributed by atoms with van der Waals surface area (Å²) >= 11 is 0. The number of nitrogens with one attached hydrogen (secondary N) is 2. The van der Waals surface area contributed by atoms with Gasteiger partial charge in [-0.15, -0.1) is 12.4 Å². The number of rotatable bonds is 5. The van der Waals surface area contributed by atoms with Crippen LogP contribution in [-0.4, -0.2) is 38.3 Å². The van der Waals surface area contributed by atoms with Crippen LogP contribution in [-0.2, 0) is 14.9 Å². The van der Waals surface area contributed by atoms with Crippen molar-refractivity contribution < 1.29 is 9.53 Å². The third kappa shape index (κ3) is 4.69. The molecule has 1 aliphatic heterocycles. The normalized spacial score (nSPS) is 23.0. The van der Waals surface area contributed by atoms with Crippen molar-refractivity contribution in [2.45, 2.75) is 43.6 Å². The summed E-state index contributed by atoms with van der Waals surface area (Å²) in [6, 6.07) is 10.8. The Labute approximate surface area is 144 Å². The highest BCUT2D eigenvalue weighted by Crippen LogP contribution is 2.40. The first-order valence-corrected chi connectivity index (χ1v) is 8.42. The van der Waals surface area contributed by atoms with Crippen molar-refractivity contribution in [1.82, 2.24) is 10.6 Å². The molecule has 1 aromatic rings. The molecule has 23 heavy (non-hydrogen) atoms. The zero-order chi connectivity index (χ0) is 15.3. The molecule has 1 unspecified atom stereocenters. The number of benzene rings is 1. The quantitative estimate of drug-likeness (QED) is 0.867. The van der Waals surface area contributed by atoms with E-state index < -0.39 is 0 Å². The second-order valence-corrected chi connectivity index (χ2v) is 6.56. The largest absolute Gasteiger partial charge is 0.378 e. The number of halogens is 1. The minimum absolute atomic E-state index is 0. The van der Waals surface area contributed by atoms with Gasteiger partial charge in [0, 0.05) is 31.0 Å². The van der Waals surface area contributed by atoms with Crippen molar-refractivity contribution in [3.63, 3.8) is 0 Å². The molecule has 1 aromatic carbocycles.